The average Bonchev–Trinajstić information content (AvgIpc) is 2.68. The molecule has 0 aliphatic carbocycles. The van der Waals surface area contributed by atoms with E-state index in [4.69, 9.17) is 9.47 Å². The number of anilines is 2. The van der Waals surface area contributed by atoms with E-state index in [1.54, 1.807) is 32.4 Å². The van der Waals surface area contributed by atoms with E-state index < -0.39 is 0 Å². The molecule has 0 aromatic heterocycles. The van der Waals surface area contributed by atoms with Gasteiger partial charge in [-0.15, -0.1) is 0 Å². The van der Waals surface area contributed by atoms with Crippen LogP contribution in [-0.4, -0.2) is 50.8 Å². The lowest BCUT2D eigenvalue weighted by molar-refractivity contribution is 0.200. The van der Waals surface area contributed by atoms with Gasteiger partial charge >= 0.3 is 6.03 Å². The van der Waals surface area contributed by atoms with Gasteiger partial charge in [-0.05, 0) is 38.1 Å². The van der Waals surface area contributed by atoms with Crippen LogP contribution >= 0.6 is 0 Å². The Hall–Kier alpha value is -2.89. The van der Waals surface area contributed by atoms with Gasteiger partial charge < -0.3 is 24.6 Å². The summed E-state index contributed by atoms with van der Waals surface area (Å²) in [6, 6.07) is 14.0. The third kappa shape index (κ3) is 4.27. The molecule has 1 heterocycles. The Balaban J connectivity index is 1.66. The highest BCUT2D eigenvalue weighted by Crippen LogP contribution is 2.29. The maximum absolute atomic E-state index is 12.8. The molecule has 0 saturated carbocycles. The number of hydrogen-bond acceptors (Lipinski definition) is 4. The van der Waals surface area contributed by atoms with Crippen LogP contribution in [0.3, 0.4) is 0 Å². The Kier molecular flexibility index (Phi) is 5.74. The highest BCUT2D eigenvalue weighted by Gasteiger charge is 2.27. The van der Waals surface area contributed by atoms with Crippen LogP contribution < -0.4 is 19.7 Å². The van der Waals surface area contributed by atoms with E-state index in [9.17, 15) is 4.79 Å². The number of ether oxygens (including phenoxy) is 2. The number of hydrogen-bond donors (Lipinski definition) is 1. The van der Waals surface area contributed by atoms with Crippen LogP contribution in [0, 0.1) is 6.92 Å². The molecular formula is C21H27N3O3. The van der Waals surface area contributed by atoms with E-state index in [0.29, 0.717) is 30.3 Å². The fraction of sp³-hybridized carbons (Fsp3) is 0.381. The van der Waals surface area contributed by atoms with Crippen molar-refractivity contribution < 1.29 is 14.3 Å². The fourth-order valence-corrected chi connectivity index (χ4v) is 3.37. The number of nitrogens with one attached hydrogen (secondary N) is 1. The fourth-order valence-electron chi connectivity index (χ4n) is 3.37. The van der Waals surface area contributed by atoms with Crippen LogP contribution in [0.4, 0.5) is 16.2 Å². The quantitative estimate of drug-likeness (QED) is 0.892. The number of nitrogens with zero attached hydrogens (tertiary/aromatic N) is 2. The van der Waals surface area contributed by atoms with Gasteiger partial charge in [-0.2, -0.15) is 0 Å². The molecule has 2 amide bonds. The van der Waals surface area contributed by atoms with Gasteiger partial charge in [0.2, 0.25) is 0 Å². The number of aryl methyl sites for hydroxylation is 1. The predicted octanol–water partition coefficient (Wildman–Crippen LogP) is 3.75. The second-order valence-electron chi connectivity index (χ2n) is 6.82. The van der Waals surface area contributed by atoms with Crippen LogP contribution in [-0.2, 0) is 0 Å². The largest absolute Gasteiger partial charge is 0.497 e. The number of carbonyl (C=O) groups excluding carboxylic acids is 1. The first kappa shape index (κ1) is 18.9. The Bertz CT molecular complexity index is 792. The van der Waals surface area contributed by atoms with Gasteiger partial charge in [0.05, 0.1) is 19.9 Å². The summed E-state index contributed by atoms with van der Waals surface area (Å²) >= 11 is 0. The summed E-state index contributed by atoms with van der Waals surface area (Å²) in [4.78, 5) is 17.0. The van der Waals surface area contributed by atoms with E-state index in [1.165, 1.54) is 11.3 Å². The van der Waals surface area contributed by atoms with Crippen LogP contribution in [0.5, 0.6) is 11.5 Å². The van der Waals surface area contributed by atoms with Crippen molar-refractivity contribution in [1.82, 2.24) is 4.90 Å². The normalized spacial score (nSPS) is 16.8. The highest BCUT2D eigenvalue weighted by atomic mass is 16.5. The molecular weight excluding hydrogens is 342 g/mol. The zero-order chi connectivity index (χ0) is 19.4. The molecule has 6 nitrogen and oxygen atoms in total. The molecule has 0 bridgehead atoms. The first-order chi connectivity index (χ1) is 13.0. The zero-order valence-corrected chi connectivity index (χ0v) is 16.4. The van der Waals surface area contributed by atoms with Crippen molar-refractivity contribution in [3.05, 3.63) is 48.0 Å². The van der Waals surface area contributed by atoms with Crippen molar-refractivity contribution in [2.24, 2.45) is 0 Å². The summed E-state index contributed by atoms with van der Waals surface area (Å²) in [5.74, 6) is 1.28. The molecule has 1 aliphatic heterocycles. The smallest absolute Gasteiger partial charge is 0.322 e. The molecule has 1 fully saturated rings. The third-order valence-corrected chi connectivity index (χ3v) is 4.93. The Morgan fingerprint density at radius 3 is 2.44 bits per heavy atom. The molecule has 0 radical (unpaired) electrons. The molecule has 0 spiro atoms. The molecule has 1 aliphatic rings. The molecule has 27 heavy (non-hydrogen) atoms. The van der Waals surface area contributed by atoms with Crippen molar-refractivity contribution in [2.45, 2.75) is 19.9 Å². The van der Waals surface area contributed by atoms with E-state index in [-0.39, 0.29) is 12.1 Å². The van der Waals surface area contributed by atoms with Crippen molar-refractivity contribution in [3.8, 4) is 11.5 Å². The van der Waals surface area contributed by atoms with Crippen LogP contribution in [0.15, 0.2) is 42.5 Å². The summed E-state index contributed by atoms with van der Waals surface area (Å²) in [5, 5.41) is 2.95. The van der Waals surface area contributed by atoms with Gasteiger partial charge in [-0.3, -0.25) is 0 Å². The number of carbonyl (C=O) groups is 1. The molecule has 144 valence electrons. The lowest BCUT2D eigenvalue weighted by Crippen LogP contribution is -2.54. The van der Waals surface area contributed by atoms with E-state index >= 15 is 0 Å². The number of rotatable bonds is 4. The number of urea groups is 1. The van der Waals surface area contributed by atoms with Crippen molar-refractivity contribution in [1.29, 1.82) is 0 Å². The summed E-state index contributed by atoms with van der Waals surface area (Å²) in [6.07, 6.45) is 0. The van der Waals surface area contributed by atoms with Gasteiger partial charge in [0, 0.05) is 37.4 Å². The van der Waals surface area contributed by atoms with Crippen LogP contribution in [0.1, 0.15) is 12.5 Å². The van der Waals surface area contributed by atoms with E-state index in [1.807, 2.05) is 4.90 Å². The minimum absolute atomic E-state index is 0.128. The van der Waals surface area contributed by atoms with Crippen molar-refractivity contribution >= 4 is 17.4 Å². The first-order valence-corrected chi connectivity index (χ1v) is 9.13. The highest BCUT2D eigenvalue weighted by molar-refractivity contribution is 5.91. The zero-order valence-electron chi connectivity index (χ0n) is 16.4. The second kappa shape index (κ2) is 8.20. The van der Waals surface area contributed by atoms with Crippen molar-refractivity contribution in [3.63, 3.8) is 0 Å². The summed E-state index contributed by atoms with van der Waals surface area (Å²) in [7, 11) is 3.18. The summed E-state index contributed by atoms with van der Waals surface area (Å²) in [6.45, 7) is 6.35. The average molecular weight is 369 g/mol. The minimum Gasteiger partial charge on any atom is -0.497 e. The maximum Gasteiger partial charge on any atom is 0.322 e. The van der Waals surface area contributed by atoms with Gasteiger partial charge in [0.1, 0.15) is 11.5 Å². The lowest BCUT2D eigenvalue weighted by atomic mass is 10.1. The van der Waals surface area contributed by atoms with Gasteiger partial charge in [-0.25, -0.2) is 4.79 Å². The minimum atomic E-state index is -0.128. The van der Waals surface area contributed by atoms with Crippen LogP contribution in [0.25, 0.3) is 0 Å². The topological polar surface area (TPSA) is 54.0 Å². The number of amides is 2. The van der Waals surface area contributed by atoms with Gasteiger partial charge in [0.15, 0.2) is 0 Å². The summed E-state index contributed by atoms with van der Waals surface area (Å²) < 4.78 is 10.6. The van der Waals surface area contributed by atoms with Crippen molar-refractivity contribution in [2.75, 3.05) is 44.1 Å². The maximum atomic E-state index is 12.8. The molecule has 1 saturated heterocycles. The molecule has 1 N–H and O–H groups in total. The molecule has 2 aromatic rings. The second-order valence-corrected chi connectivity index (χ2v) is 6.82. The van der Waals surface area contributed by atoms with E-state index in [2.05, 4.69) is 48.3 Å². The SMILES string of the molecule is COc1ccc(OC)c(NC(=O)N2CCN(c3ccc(C)cc3)[C@@H](C)C2)c1. The number of benzene rings is 2. The van der Waals surface area contributed by atoms with Gasteiger partial charge in [-0.1, -0.05) is 17.7 Å². The molecule has 1 atom stereocenters. The molecule has 2 aromatic carbocycles. The van der Waals surface area contributed by atoms with Crippen LogP contribution in [0.2, 0.25) is 0 Å². The number of methoxy groups -OCH3 is 2. The Morgan fingerprint density at radius 2 is 1.81 bits per heavy atom. The lowest BCUT2D eigenvalue weighted by Gasteiger charge is -2.41. The monoisotopic (exact) mass is 369 g/mol. The number of piperazine rings is 1. The van der Waals surface area contributed by atoms with Gasteiger partial charge in [0.25, 0.3) is 0 Å². The molecule has 6 heteroatoms. The summed E-state index contributed by atoms with van der Waals surface area (Å²) in [5.41, 5.74) is 3.05. The molecule has 0 unspecified atom stereocenters. The van der Waals surface area contributed by atoms with E-state index in [0.717, 1.165) is 6.54 Å². The Labute approximate surface area is 160 Å². The Morgan fingerprint density at radius 1 is 1.07 bits per heavy atom. The first-order valence-electron chi connectivity index (χ1n) is 9.13. The third-order valence-electron chi connectivity index (χ3n) is 4.93. The molecule has 3 rings (SSSR count). The standard InChI is InChI=1S/C21H27N3O3/c1-15-5-7-17(8-6-15)24-12-11-23(14-16(24)2)21(25)22-19-13-18(26-3)9-10-20(19)27-4/h5-10,13,16H,11-12,14H2,1-4H3,(H,22,25)/t16-/m0/s1. The predicted molar refractivity (Wildman–Crippen MR) is 108 cm³/mol.